The molecule has 3 aromatic rings. The van der Waals surface area contributed by atoms with E-state index in [-0.39, 0.29) is 11.5 Å². The molecule has 0 fully saturated rings. The minimum Gasteiger partial charge on any atom is -0.451 e. The molecule has 0 unspecified atom stereocenters. The monoisotopic (exact) mass is 399 g/mol. The zero-order valence-electron chi connectivity index (χ0n) is 16.6. The minimum atomic E-state index is -3.33. The summed E-state index contributed by atoms with van der Waals surface area (Å²) in [6, 6.07) is 15.1. The molecule has 0 radical (unpaired) electrons. The van der Waals surface area contributed by atoms with Gasteiger partial charge in [0.05, 0.1) is 5.75 Å². The van der Waals surface area contributed by atoms with Gasteiger partial charge in [-0.05, 0) is 44.4 Å². The Morgan fingerprint density at radius 1 is 1.07 bits per heavy atom. The highest BCUT2D eigenvalue weighted by Crippen LogP contribution is 2.28. The molecule has 1 aromatic heterocycles. The first-order chi connectivity index (χ1) is 13.1. The Kier molecular flexibility index (Phi) is 5.35. The standard InChI is InChI=1S/C22H25NO4S/c1-15-9-5-6-10-16(15)13-22(2,3)23-21(24)20-18(14-28(4,25)26)17-11-7-8-12-19(17)27-20/h5-12H,13-14H2,1-4H3,(H,23,24). The fraction of sp³-hybridized carbons (Fsp3) is 0.318. The number of para-hydroxylation sites is 1. The van der Waals surface area contributed by atoms with Gasteiger partial charge in [0, 0.05) is 22.7 Å². The topological polar surface area (TPSA) is 76.4 Å². The van der Waals surface area contributed by atoms with Gasteiger partial charge in [0.25, 0.3) is 5.91 Å². The molecule has 0 spiro atoms. The first-order valence-corrected chi connectivity index (χ1v) is 11.2. The van der Waals surface area contributed by atoms with Crippen molar-refractivity contribution in [2.24, 2.45) is 0 Å². The molecule has 1 amide bonds. The van der Waals surface area contributed by atoms with Gasteiger partial charge in [-0.3, -0.25) is 4.79 Å². The second kappa shape index (κ2) is 7.43. The third-order valence-electron chi connectivity index (χ3n) is 4.66. The highest BCUT2D eigenvalue weighted by molar-refractivity contribution is 7.89. The van der Waals surface area contributed by atoms with Crippen molar-refractivity contribution in [3.05, 3.63) is 71.0 Å². The third-order valence-corrected chi connectivity index (χ3v) is 5.47. The smallest absolute Gasteiger partial charge is 0.287 e. The molecule has 1 heterocycles. The molecule has 0 aliphatic carbocycles. The minimum absolute atomic E-state index is 0.0597. The van der Waals surface area contributed by atoms with Gasteiger partial charge in [0.1, 0.15) is 5.58 Å². The SMILES string of the molecule is Cc1ccccc1CC(C)(C)NC(=O)c1oc2ccccc2c1CS(C)(=O)=O. The normalized spacial score (nSPS) is 12.3. The van der Waals surface area contributed by atoms with E-state index in [0.29, 0.717) is 23.0 Å². The van der Waals surface area contributed by atoms with Crippen LogP contribution in [0.2, 0.25) is 0 Å². The summed E-state index contributed by atoms with van der Waals surface area (Å²) in [5.74, 6) is -0.594. The van der Waals surface area contributed by atoms with Crippen LogP contribution >= 0.6 is 0 Å². The molecule has 6 heteroatoms. The summed E-state index contributed by atoms with van der Waals surface area (Å²) in [6.45, 7) is 5.92. The molecular weight excluding hydrogens is 374 g/mol. The first kappa shape index (κ1) is 20.1. The number of benzene rings is 2. The number of aryl methyl sites for hydroxylation is 1. The van der Waals surface area contributed by atoms with E-state index in [1.54, 1.807) is 24.3 Å². The van der Waals surface area contributed by atoms with E-state index < -0.39 is 21.3 Å². The third kappa shape index (κ3) is 4.62. The largest absolute Gasteiger partial charge is 0.451 e. The van der Waals surface area contributed by atoms with Gasteiger partial charge in [-0.2, -0.15) is 0 Å². The van der Waals surface area contributed by atoms with Gasteiger partial charge in [-0.15, -0.1) is 0 Å². The lowest BCUT2D eigenvalue weighted by molar-refractivity contribution is 0.0885. The van der Waals surface area contributed by atoms with Crippen LogP contribution in [0, 0.1) is 6.92 Å². The van der Waals surface area contributed by atoms with Crippen molar-refractivity contribution in [2.45, 2.75) is 38.5 Å². The molecule has 0 saturated carbocycles. The van der Waals surface area contributed by atoms with Gasteiger partial charge in [-0.1, -0.05) is 42.5 Å². The second-order valence-corrected chi connectivity index (χ2v) is 10.1. The van der Waals surface area contributed by atoms with Crippen LogP contribution in [-0.4, -0.2) is 26.1 Å². The van der Waals surface area contributed by atoms with E-state index in [2.05, 4.69) is 5.32 Å². The predicted octanol–water partition coefficient (Wildman–Crippen LogP) is 4.04. The summed E-state index contributed by atoms with van der Waals surface area (Å²) in [5.41, 5.74) is 2.68. The van der Waals surface area contributed by atoms with Crippen LogP contribution in [0.4, 0.5) is 0 Å². The van der Waals surface area contributed by atoms with Crippen LogP contribution in [0.15, 0.2) is 52.9 Å². The molecule has 0 atom stereocenters. The summed E-state index contributed by atoms with van der Waals surface area (Å²) in [6.07, 6.45) is 1.80. The Bertz CT molecular complexity index is 1130. The Hall–Kier alpha value is -2.60. The molecule has 2 aromatic carbocycles. The summed E-state index contributed by atoms with van der Waals surface area (Å²) in [4.78, 5) is 13.0. The molecule has 1 N–H and O–H groups in total. The van der Waals surface area contributed by atoms with E-state index in [0.717, 1.165) is 17.4 Å². The zero-order chi connectivity index (χ0) is 20.5. The van der Waals surface area contributed by atoms with Crippen molar-refractivity contribution in [1.29, 1.82) is 0 Å². The number of nitrogens with one attached hydrogen (secondary N) is 1. The number of furan rings is 1. The van der Waals surface area contributed by atoms with Crippen molar-refractivity contribution in [1.82, 2.24) is 5.32 Å². The lowest BCUT2D eigenvalue weighted by atomic mass is 9.92. The first-order valence-electron chi connectivity index (χ1n) is 9.11. The van der Waals surface area contributed by atoms with Crippen molar-refractivity contribution in [2.75, 3.05) is 6.26 Å². The second-order valence-electron chi connectivity index (χ2n) is 7.92. The number of hydrogen-bond acceptors (Lipinski definition) is 4. The molecule has 28 heavy (non-hydrogen) atoms. The molecule has 0 aliphatic rings. The van der Waals surface area contributed by atoms with Crippen molar-refractivity contribution in [3.8, 4) is 0 Å². The predicted molar refractivity (Wildman–Crippen MR) is 111 cm³/mol. The quantitative estimate of drug-likeness (QED) is 0.679. The maximum absolute atomic E-state index is 13.0. The average molecular weight is 400 g/mol. The number of amides is 1. The number of rotatable bonds is 6. The highest BCUT2D eigenvalue weighted by atomic mass is 32.2. The lowest BCUT2D eigenvalue weighted by Gasteiger charge is -2.27. The van der Waals surface area contributed by atoms with Crippen molar-refractivity contribution >= 4 is 26.7 Å². The van der Waals surface area contributed by atoms with E-state index in [9.17, 15) is 13.2 Å². The molecule has 5 nitrogen and oxygen atoms in total. The number of fused-ring (bicyclic) bond motifs is 1. The summed E-state index contributed by atoms with van der Waals surface area (Å²) in [7, 11) is -3.33. The molecule has 148 valence electrons. The maximum atomic E-state index is 13.0. The van der Waals surface area contributed by atoms with Gasteiger partial charge in [0.2, 0.25) is 0 Å². The van der Waals surface area contributed by atoms with Gasteiger partial charge in [0.15, 0.2) is 15.6 Å². The van der Waals surface area contributed by atoms with Gasteiger partial charge < -0.3 is 9.73 Å². The fourth-order valence-corrected chi connectivity index (χ4v) is 4.19. The van der Waals surface area contributed by atoms with Gasteiger partial charge >= 0.3 is 0 Å². The van der Waals surface area contributed by atoms with Crippen molar-refractivity contribution < 1.29 is 17.6 Å². The summed E-state index contributed by atoms with van der Waals surface area (Å²) in [5, 5.41) is 3.66. The highest BCUT2D eigenvalue weighted by Gasteiger charge is 2.28. The van der Waals surface area contributed by atoms with Crippen molar-refractivity contribution in [3.63, 3.8) is 0 Å². The number of carbonyl (C=O) groups is 1. The molecule has 0 bridgehead atoms. The number of carbonyl (C=O) groups excluding carboxylic acids is 1. The molecule has 3 rings (SSSR count). The average Bonchev–Trinajstić information content (AvgIpc) is 2.94. The Morgan fingerprint density at radius 2 is 1.71 bits per heavy atom. The van der Waals surface area contributed by atoms with E-state index in [1.807, 2.05) is 45.0 Å². The molecule has 0 saturated heterocycles. The summed E-state index contributed by atoms with van der Waals surface area (Å²) >= 11 is 0. The Labute approximate surface area is 165 Å². The molecular formula is C22H25NO4S. The Morgan fingerprint density at radius 3 is 2.39 bits per heavy atom. The van der Waals surface area contributed by atoms with Crippen LogP contribution in [0.25, 0.3) is 11.0 Å². The van der Waals surface area contributed by atoms with E-state index in [1.165, 1.54) is 0 Å². The fourth-order valence-electron chi connectivity index (χ4n) is 3.38. The van der Waals surface area contributed by atoms with Gasteiger partial charge in [-0.25, -0.2) is 8.42 Å². The summed E-state index contributed by atoms with van der Waals surface area (Å²) < 4.78 is 29.6. The number of hydrogen-bond donors (Lipinski definition) is 1. The van der Waals surface area contributed by atoms with Crippen LogP contribution < -0.4 is 5.32 Å². The van der Waals surface area contributed by atoms with Crippen LogP contribution in [-0.2, 0) is 22.0 Å². The Balaban J connectivity index is 1.92. The van der Waals surface area contributed by atoms with E-state index in [4.69, 9.17) is 4.42 Å². The zero-order valence-corrected chi connectivity index (χ0v) is 17.4. The number of sulfone groups is 1. The van der Waals surface area contributed by atoms with Crippen LogP contribution in [0.1, 0.15) is 41.1 Å². The molecule has 0 aliphatic heterocycles. The van der Waals surface area contributed by atoms with Crippen LogP contribution in [0.5, 0.6) is 0 Å². The lowest BCUT2D eigenvalue weighted by Crippen LogP contribution is -2.45. The maximum Gasteiger partial charge on any atom is 0.287 e. The van der Waals surface area contributed by atoms with E-state index >= 15 is 0 Å². The van der Waals surface area contributed by atoms with Crippen LogP contribution in [0.3, 0.4) is 0 Å².